The summed E-state index contributed by atoms with van der Waals surface area (Å²) >= 11 is 5.43. The van der Waals surface area contributed by atoms with Crippen molar-refractivity contribution < 1.29 is 4.79 Å². The van der Waals surface area contributed by atoms with Crippen LogP contribution in [0.4, 0.5) is 5.95 Å². The number of hydrogen-bond acceptors (Lipinski definition) is 3. The molecule has 1 aliphatic carbocycles. The third-order valence-corrected chi connectivity index (χ3v) is 3.13. The van der Waals surface area contributed by atoms with Crippen LogP contribution in [0.1, 0.15) is 11.1 Å². The molecule has 1 aromatic heterocycles. The zero-order valence-corrected chi connectivity index (χ0v) is 10.2. The first kappa shape index (κ1) is 11.2. The summed E-state index contributed by atoms with van der Waals surface area (Å²) < 4.78 is 0. The molecule has 18 heavy (non-hydrogen) atoms. The Labute approximate surface area is 109 Å². The number of rotatable bonds is 2. The van der Waals surface area contributed by atoms with Crippen molar-refractivity contribution in [3.63, 3.8) is 0 Å². The number of aromatic nitrogens is 2. The number of benzene rings is 1. The van der Waals surface area contributed by atoms with Crippen LogP contribution in [0.5, 0.6) is 0 Å². The number of alkyl halides is 1. The van der Waals surface area contributed by atoms with Gasteiger partial charge in [0.15, 0.2) is 0 Å². The summed E-state index contributed by atoms with van der Waals surface area (Å²) in [5.41, 5.74) is 4.32. The third-order valence-electron chi connectivity index (χ3n) is 2.89. The molecule has 1 heterocycles. The second-order valence-electron chi connectivity index (χ2n) is 4.08. The minimum absolute atomic E-state index is 0.100. The van der Waals surface area contributed by atoms with E-state index in [9.17, 15) is 4.79 Å². The first-order valence-corrected chi connectivity index (χ1v) is 6.11. The summed E-state index contributed by atoms with van der Waals surface area (Å²) in [7, 11) is 0. The molecule has 1 N–H and O–H groups in total. The Bertz CT molecular complexity index is 627. The molecule has 1 aromatic carbocycles. The van der Waals surface area contributed by atoms with Crippen LogP contribution in [0.25, 0.3) is 11.3 Å². The Balaban J connectivity index is 2.00. The molecule has 0 aliphatic heterocycles. The molecule has 0 unspecified atom stereocenters. The average Bonchev–Trinajstić information content (AvgIpc) is 2.77. The molecule has 3 rings (SSSR count). The highest BCUT2D eigenvalue weighted by atomic mass is 35.5. The van der Waals surface area contributed by atoms with E-state index >= 15 is 0 Å². The van der Waals surface area contributed by atoms with Gasteiger partial charge >= 0.3 is 0 Å². The van der Waals surface area contributed by atoms with Crippen LogP contribution in [0.15, 0.2) is 30.5 Å². The Morgan fingerprint density at radius 3 is 3.00 bits per heavy atom. The van der Waals surface area contributed by atoms with Crippen LogP contribution >= 0.6 is 11.6 Å². The summed E-state index contributed by atoms with van der Waals surface area (Å²) in [4.78, 5) is 19.7. The second kappa shape index (κ2) is 4.38. The van der Waals surface area contributed by atoms with Crippen LogP contribution < -0.4 is 5.32 Å². The highest BCUT2D eigenvalue weighted by molar-refractivity contribution is 6.28. The summed E-state index contributed by atoms with van der Waals surface area (Å²) in [6.45, 7) is 0. The molecule has 0 fully saturated rings. The van der Waals surface area contributed by atoms with Crippen molar-refractivity contribution in [3.8, 4) is 11.3 Å². The smallest absolute Gasteiger partial charge is 0.241 e. The molecule has 1 amide bonds. The van der Waals surface area contributed by atoms with Crippen LogP contribution in [0.2, 0.25) is 0 Å². The van der Waals surface area contributed by atoms with Gasteiger partial charge in [-0.2, -0.15) is 0 Å². The zero-order valence-electron chi connectivity index (χ0n) is 9.48. The minimum Gasteiger partial charge on any atom is -0.293 e. The largest absolute Gasteiger partial charge is 0.293 e. The molecule has 0 saturated carbocycles. The molecule has 2 aromatic rings. The molecular formula is C13H10ClN3O. The predicted octanol–water partition coefficient (Wildman–Crippen LogP) is 2.23. The van der Waals surface area contributed by atoms with E-state index in [2.05, 4.69) is 21.4 Å². The van der Waals surface area contributed by atoms with Gasteiger partial charge in [0.05, 0.1) is 5.69 Å². The van der Waals surface area contributed by atoms with Gasteiger partial charge in [0, 0.05) is 23.7 Å². The zero-order chi connectivity index (χ0) is 12.5. The van der Waals surface area contributed by atoms with Gasteiger partial charge < -0.3 is 0 Å². The lowest BCUT2D eigenvalue weighted by atomic mass is 10.1. The molecule has 0 spiro atoms. The van der Waals surface area contributed by atoms with E-state index in [4.69, 9.17) is 11.6 Å². The molecular weight excluding hydrogens is 250 g/mol. The lowest BCUT2D eigenvalue weighted by Gasteiger charge is -2.04. The summed E-state index contributed by atoms with van der Waals surface area (Å²) in [5.74, 6) is -0.101. The number of nitrogens with zero attached hydrogens (tertiary/aromatic N) is 2. The van der Waals surface area contributed by atoms with E-state index in [0.717, 1.165) is 23.2 Å². The van der Waals surface area contributed by atoms with E-state index in [0.29, 0.717) is 5.95 Å². The van der Waals surface area contributed by atoms with Gasteiger partial charge in [0.1, 0.15) is 5.88 Å². The third kappa shape index (κ3) is 1.84. The monoisotopic (exact) mass is 259 g/mol. The molecule has 0 radical (unpaired) electrons. The Morgan fingerprint density at radius 1 is 1.33 bits per heavy atom. The molecule has 4 nitrogen and oxygen atoms in total. The SMILES string of the molecule is O=C(CCl)Nc1ncc2c(n1)-c1ccccc1C2. The molecule has 0 saturated heterocycles. The van der Waals surface area contributed by atoms with Crippen molar-refractivity contribution in [1.82, 2.24) is 9.97 Å². The number of halogens is 1. The molecule has 1 aliphatic rings. The number of carbonyl (C=O) groups excluding carboxylic acids is 1. The quantitative estimate of drug-likeness (QED) is 0.718. The highest BCUT2D eigenvalue weighted by Crippen LogP contribution is 2.34. The maximum Gasteiger partial charge on any atom is 0.241 e. The molecule has 90 valence electrons. The molecule has 0 bridgehead atoms. The minimum atomic E-state index is -0.303. The van der Waals surface area contributed by atoms with Gasteiger partial charge in [0.25, 0.3) is 0 Å². The number of anilines is 1. The first-order chi connectivity index (χ1) is 8.78. The van der Waals surface area contributed by atoms with Crippen molar-refractivity contribution in [3.05, 3.63) is 41.6 Å². The van der Waals surface area contributed by atoms with Gasteiger partial charge in [-0.05, 0) is 5.56 Å². The first-order valence-electron chi connectivity index (χ1n) is 5.58. The van der Waals surface area contributed by atoms with Gasteiger partial charge in [-0.1, -0.05) is 24.3 Å². The summed E-state index contributed by atoms with van der Waals surface area (Å²) in [6, 6.07) is 8.09. The fraction of sp³-hybridized carbons (Fsp3) is 0.154. The molecule has 0 atom stereocenters. The maximum atomic E-state index is 11.2. The van der Waals surface area contributed by atoms with Crippen LogP contribution in [-0.4, -0.2) is 21.8 Å². The van der Waals surface area contributed by atoms with Crippen molar-refractivity contribution in [2.75, 3.05) is 11.2 Å². The number of fused-ring (bicyclic) bond motifs is 3. The lowest BCUT2D eigenvalue weighted by Crippen LogP contribution is -2.15. The normalized spacial score (nSPS) is 11.8. The highest BCUT2D eigenvalue weighted by Gasteiger charge is 2.20. The second-order valence-corrected chi connectivity index (χ2v) is 4.35. The predicted molar refractivity (Wildman–Crippen MR) is 69.6 cm³/mol. The Kier molecular flexibility index (Phi) is 2.72. The van der Waals surface area contributed by atoms with Gasteiger partial charge in [-0.25, -0.2) is 9.97 Å². The van der Waals surface area contributed by atoms with Crippen molar-refractivity contribution in [1.29, 1.82) is 0 Å². The van der Waals surface area contributed by atoms with E-state index in [1.54, 1.807) is 6.20 Å². The molecule has 5 heteroatoms. The summed E-state index contributed by atoms with van der Waals surface area (Å²) in [5, 5.41) is 2.56. The topological polar surface area (TPSA) is 54.9 Å². The fourth-order valence-electron chi connectivity index (χ4n) is 2.10. The van der Waals surface area contributed by atoms with Gasteiger partial charge in [-0.3, -0.25) is 10.1 Å². The van der Waals surface area contributed by atoms with E-state index in [1.165, 1.54) is 5.56 Å². The van der Waals surface area contributed by atoms with Crippen LogP contribution in [0, 0.1) is 0 Å². The number of nitrogens with one attached hydrogen (secondary N) is 1. The van der Waals surface area contributed by atoms with Crippen LogP contribution in [-0.2, 0) is 11.2 Å². The lowest BCUT2D eigenvalue weighted by molar-refractivity contribution is -0.114. The van der Waals surface area contributed by atoms with Crippen molar-refractivity contribution in [2.45, 2.75) is 6.42 Å². The number of carbonyl (C=O) groups is 1. The average molecular weight is 260 g/mol. The van der Waals surface area contributed by atoms with E-state index < -0.39 is 0 Å². The standard InChI is InChI=1S/C13H10ClN3O/c14-6-11(18)16-13-15-7-9-5-8-3-1-2-4-10(8)12(9)17-13/h1-4,7H,5-6H2,(H,15,16,17,18). The Hall–Kier alpha value is -1.94. The van der Waals surface area contributed by atoms with Crippen LogP contribution in [0.3, 0.4) is 0 Å². The van der Waals surface area contributed by atoms with Crippen molar-refractivity contribution in [2.24, 2.45) is 0 Å². The number of hydrogen-bond donors (Lipinski definition) is 1. The Morgan fingerprint density at radius 2 is 2.17 bits per heavy atom. The van der Waals surface area contributed by atoms with E-state index in [1.807, 2.05) is 18.2 Å². The number of amides is 1. The van der Waals surface area contributed by atoms with Gasteiger partial charge in [-0.15, -0.1) is 11.6 Å². The van der Waals surface area contributed by atoms with E-state index in [-0.39, 0.29) is 11.8 Å². The van der Waals surface area contributed by atoms with Gasteiger partial charge in [0.2, 0.25) is 11.9 Å². The maximum absolute atomic E-state index is 11.2. The summed E-state index contributed by atoms with van der Waals surface area (Å²) in [6.07, 6.45) is 2.60. The van der Waals surface area contributed by atoms with Crippen molar-refractivity contribution >= 4 is 23.5 Å². The fourth-order valence-corrected chi connectivity index (χ4v) is 2.17.